The molecule has 0 radical (unpaired) electrons. The zero-order valence-corrected chi connectivity index (χ0v) is 12.0. The number of amides is 1. The molecular weight excluding hydrogens is 288 g/mol. The zero-order chi connectivity index (χ0) is 14.3. The molecule has 0 spiro atoms. The number of benzene rings is 1. The van der Waals surface area contributed by atoms with E-state index in [1.54, 1.807) is 24.3 Å². The number of carbonyl (C=O) groups excluding carboxylic acids is 1. The second-order valence-electron chi connectivity index (χ2n) is 3.78. The molecule has 19 heavy (non-hydrogen) atoms. The van der Waals surface area contributed by atoms with Crippen molar-refractivity contribution in [3.8, 4) is 0 Å². The van der Waals surface area contributed by atoms with Gasteiger partial charge in [-0.15, -0.1) is 0 Å². The van der Waals surface area contributed by atoms with Crippen LogP contribution in [0.15, 0.2) is 29.7 Å². The van der Waals surface area contributed by atoms with Crippen LogP contribution in [0.25, 0.3) is 6.08 Å². The van der Waals surface area contributed by atoms with Gasteiger partial charge in [0.15, 0.2) is 0 Å². The molecule has 0 fully saturated rings. The van der Waals surface area contributed by atoms with Gasteiger partial charge in [0.1, 0.15) is 0 Å². The molecule has 104 valence electrons. The van der Waals surface area contributed by atoms with Gasteiger partial charge in [-0.2, -0.15) is 0 Å². The van der Waals surface area contributed by atoms with E-state index < -0.39 is 10.0 Å². The quantitative estimate of drug-likeness (QED) is 0.779. The van der Waals surface area contributed by atoms with Crippen LogP contribution in [-0.2, 0) is 14.8 Å². The minimum Gasteiger partial charge on any atom is -0.355 e. The Morgan fingerprint density at radius 1 is 1.26 bits per heavy atom. The first-order valence-electron chi connectivity index (χ1n) is 5.57. The smallest absolute Gasteiger partial charge is 0.233 e. The maximum Gasteiger partial charge on any atom is 0.233 e. The Morgan fingerprint density at radius 2 is 1.89 bits per heavy atom. The lowest BCUT2D eigenvalue weighted by molar-refractivity contribution is -0.118. The normalized spacial score (nSPS) is 11.7. The maximum atomic E-state index is 11.6. The summed E-state index contributed by atoms with van der Waals surface area (Å²) in [5.41, 5.74) is 0.733. The second kappa shape index (κ2) is 7.28. The van der Waals surface area contributed by atoms with Crippen LogP contribution in [0.3, 0.4) is 0 Å². The molecule has 1 aromatic rings. The number of hydrogen-bond donors (Lipinski definition) is 2. The molecule has 2 N–H and O–H groups in total. The van der Waals surface area contributed by atoms with Gasteiger partial charge in [0.05, 0.1) is 0 Å². The van der Waals surface area contributed by atoms with E-state index in [2.05, 4.69) is 10.0 Å². The summed E-state index contributed by atoms with van der Waals surface area (Å²) in [5.74, 6) is -0.198. The lowest BCUT2D eigenvalue weighted by atomic mass is 10.2. The van der Waals surface area contributed by atoms with Crippen LogP contribution in [0.2, 0.25) is 5.02 Å². The third kappa shape index (κ3) is 6.95. The molecule has 0 saturated carbocycles. The molecule has 0 heterocycles. The highest BCUT2D eigenvalue weighted by Crippen LogP contribution is 2.10. The molecule has 0 aliphatic carbocycles. The molecule has 1 amide bonds. The fourth-order valence-corrected chi connectivity index (χ4v) is 2.17. The molecule has 1 rings (SSSR count). The van der Waals surface area contributed by atoms with Gasteiger partial charge >= 0.3 is 0 Å². The maximum absolute atomic E-state index is 11.6. The van der Waals surface area contributed by atoms with Gasteiger partial charge in [-0.25, -0.2) is 13.1 Å². The van der Waals surface area contributed by atoms with Crippen molar-refractivity contribution in [3.05, 3.63) is 40.3 Å². The van der Waals surface area contributed by atoms with Crippen LogP contribution in [0, 0.1) is 0 Å². The topological polar surface area (TPSA) is 75.3 Å². The summed E-state index contributed by atoms with van der Waals surface area (Å²) in [6, 6.07) is 6.79. The van der Waals surface area contributed by atoms with Gasteiger partial charge in [-0.1, -0.05) is 23.7 Å². The van der Waals surface area contributed by atoms with Gasteiger partial charge in [0.2, 0.25) is 15.9 Å². The summed E-state index contributed by atoms with van der Waals surface area (Å²) >= 11 is 5.72. The van der Waals surface area contributed by atoms with Crippen LogP contribution in [0.5, 0.6) is 0 Å². The lowest BCUT2D eigenvalue weighted by Gasteiger charge is -2.03. The Morgan fingerprint density at radius 3 is 2.47 bits per heavy atom. The molecule has 5 nitrogen and oxygen atoms in total. The number of nitrogens with one attached hydrogen (secondary N) is 2. The van der Waals surface area contributed by atoms with Gasteiger partial charge in [0, 0.05) is 30.4 Å². The number of halogens is 1. The third-order valence-corrected chi connectivity index (χ3v) is 3.46. The molecule has 0 aliphatic rings. The average Bonchev–Trinajstić information content (AvgIpc) is 2.34. The molecule has 0 aromatic heterocycles. The fourth-order valence-electron chi connectivity index (χ4n) is 1.22. The van der Waals surface area contributed by atoms with Crippen molar-refractivity contribution >= 4 is 33.6 Å². The monoisotopic (exact) mass is 302 g/mol. The molecule has 0 unspecified atom stereocenters. The fraction of sp³-hybridized carbons (Fsp3) is 0.250. The van der Waals surface area contributed by atoms with Gasteiger partial charge in [-0.3, -0.25) is 4.79 Å². The number of rotatable bonds is 6. The summed E-state index contributed by atoms with van der Waals surface area (Å²) in [5, 5.41) is 4.16. The highest BCUT2D eigenvalue weighted by atomic mass is 35.5. The van der Waals surface area contributed by atoms with Crippen molar-refractivity contribution in [1.29, 1.82) is 0 Å². The van der Waals surface area contributed by atoms with Crippen molar-refractivity contribution < 1.29 is 13.2 Å². The van der Waals surface area contributed by atoms with Gasteiger partial charge in [-0.05, 0) is 23.8 Å². The summed E-state index contributed by atoms with van der Waals surface area (Å²) in [6.45, 7) is 1.77. The Hall–Kier alpha value is -1.37. The Labute approximate surface area is 117 Å². The average molecular weight is 303 g/mol. The van der Waals surface area contributed by atoms with E-state index >= 15 is 0 Å². The predicted molar refractivity (Wildman–Crippen MR) is 76.1 cm³/mol. The van der Waals surface area contributed by atoms with Gasteiger partial charge < -0.3 is 5.32 Å². The summed E-state index contributed by atoms with van der Waals surface area (Å²) in [7, 11) is -3.50. The second-order valence-corrected chi connectivity index (χ2v) is 5.86. The van der Waals surface area contributed by atoms with Crippen LogP contribution in [-0.4, -0.2) is 27.4 Å². The minimum absolute atomic E-state index is 0.146. The van der Waals surface area contributed by atoms with E-state index in [4.69, 9.17) is 11.6 Å². The van der Waals surface area contributed by atoms with E-state index in [-0.39, 0.29) is 19.0 Å². The van der Waals surface area contributed by atoms with Crippen LogP contribution >= 0.6 is 11.6 Å². The minimum atomic E-state index is -3.50. The van der Waals surface area contributed by atoms with Gasteiger partial charge in [0.25, 0.3) is 0 Å². The van der Waals surface area contributed by atoms with E-state index in [1.807, 2.05) is 0 Å². The SMILES string of the molecule is CC(=O)NCCNS(=O)(=O)/C=C/c1ccc(Cl)cc1. The lowest BCUT2D eigenvalue weighted by Crippen LogP contribution is -2.32. The van der Waals surface area contributed by atoms with E-state index in [0.29, 0.717) is 5.02 Å². The van der Waals surface area contributed by atoms with E-state index in [0.717, 1.165) is 11.0 Å². The molecule has 1 aromatic carbocycles. The van der Waals surface area contributed by atoms with Crippen molar-refractivity contribution in [1.82, 2.24) is 10.0 Å². The number of carbonyl (C=O) groups is 1. The molecule has 0 atom stereocenters. The first kappa shape index (κ1) is 15.7. The standard InChI is InChI=1S/C12H15ClN2O3S/c1-10(16)14-7-8-15-19(17,18)9-6-11-2-4-12(13)5-3-11/h2-6,9,15H,7-8H2,1H3,(H,14,16)/b9-6+. The summed E-state index contributed by atoms with van der Waals surface area (Å²) < 4.78 is 25.5. The molecule has 0 bridgehead atoms. The number of hydrogen-bond acceptors (Lipinski definition) is 3. The van der Waals surface area contributed by atoms with Crippen LogP contribution in [0.4, 0.5) is 0 Å². The predicted octanol–water partition coefficient (Wildman–Crippen LogP) is 1.37. The largest absolute Gasteiger partial charge is 0.355 e. The van der Waals surface area contributed by atoms with Crippen molar-refractivity contribution in [2.24, 2.45) is 0 Å². The molecule has 0 saturated heterocycles. The first-order valence-corrected chi connectivity index (χ1v) is 7.49. The van der Waals surface area contributed by atoms with E-state index in [9.17, 15) is 13.2 Å². The highest BCUT2D eigenvalue weighted by Gasteiger charge is 2.03. The van der Waals surface area contributed by atoms with Crippen molar-refractivity contribution in [2.45, 2.75) is 6.92 Å². The Kier molecular flexibility index (Phi) is 6.01. The Balaban J connectivity index is 2.49. The Bertz CT molecular complexity index is 553. The third-order valence-electron chi connectivity index (χ3n) is 2.11. The summed E-state index contributed by atoms with van der Waals surface area (Å²) in [6.07, 6.45) is 1.47. The number of sulfonamides is 1. The molecule has 0 aliphatic heterocycles. The van der Waals surface area contributed by atoms with Crippen molar-refractivity contribution in [2.75, 3.05) is 13.1 Å². The zero-order valence-electron chi connectivity index (χ0n) is 10.4. The molecule has 7 heteroatoms. The van der Waals surface area contributed by atoms with Crippen LogP contribution in [0.1, 0.15) is 12.5 Å². The first-order chi connectivity index (χ1) is 8.89. The van der Waals surface area contributed by atoms with E-state index in [1.165, 1.54) is 13.0 Å². The highest BCUT2D eigenvalue weighted by molar-refractivity contribution is 7.92. The van der Waals surface area contributed by atoms with Crippen molar-refractivity contribution in [3.63, 3.8) is 0 Å². The van der Waals surface area contributed by atoms with Crippen LogP contribution < -0.4 is 10.0 Å². The molecular formula is C12H15ClN2O3S. The summed E-state index contributed by atoms with van der Waals surface area (Å²) in [4.78, 5) is 10.6.